The van der Waals surface area contributed by atoms with Crippen molar-refractivity contribution < 1.29 is 13.2 Å². The van der Waals surface area contributed by atoms with Gasteiger partial charge in [0.1, 0.15) is 0 Å². The molecular weight excluding hydrogens is 240 g/mol. The zero-order valence-corrected chi connectivity index (χ0v) is 11.1. The fourth-order valence-electron chi connectivity index (χ4n) is 1.42. The van der Waals surface area contributed by atoms with Gasteiger partial charge in [-0.2, -0.15) is 0 Å². The van der Waals surface area contributed by atoms with Gasteiger partial charge in [-0.25, -0.2) is 8.42 Å². The Morgan fingerprint density at radius 1 is 1.29 bits per heavy atom. The van der Waals surface area contributed by atoms with Gasteiger partial charge in [0.05, 0.1) is 11.9 Å². The fraction of sp³-hybridized carbons (Fsp3) is 0.364. The van der Waals surface area contributed by atoms with Gasteiger partial charge in [-0.1, -0.05) is 6.07 Å². The second-order valence-corrected chi connectivity index (χ2v) is 5.80. The van der Waals surface area contributed by atoms with Crippen LogP contribution in [0.3, 0.4) is 0 Å². The number of carbonyl (C=O) groups is 1. The summed E-state index contributed by atoms with van der Waals surface area (Å²) in [6.45, 7) is 1.71. The predicted molar refractivity (Wildman–Crippen MR) is 67.7 cm³/mol. The van der Waals surface area contributed by atoms with Crippen LogP contribution >= 0.6 is 0 Å². The Morgan fingerprint density at radius 2 is 1.88 bits per heavy atom. The van der Waals surface area contributed by atoms with Gasteiger partial charge in [-0.05, 0) is 24.6 Å². The lowest BCUT2D eigenvalue weighted by atomic mass is 10.1. The second kappa shape index (κ2) is 4.75. The summed E-state index contributed by atoms with van der Waals surface area (Å²) in [5.74, 6) is -0.153. The topological polar surface area (TPSA) is 66.5 Å². The molecule has 6 heteroatoms. The van der Waals surface area contributed by atoms with E-state index in [0.29, 0.717) is 16.8 Å². The van der Waals surface area contributed by atoms with Crippen molar-refractivity contribution in [3.63, 3.8) is 0 Å². The van der Waals surface area contributed by atoms with Crippen LogP contribution in [-0.2, 0) is 10.0 Å². The molecule has 1 aromatic rings. The molecule has 1 aromatic carbocycles. The summed E-state index contributed by atoms with van der Waals surface area (Å²) >= 11 is 0. The van der Waals surface area contributed by atoms with Crippen LogP contribution in [0.4, 0.5) is 5.69 Å². The third-order valence-electron chi connectivity index (χ3n) is 2.27. The van der Waals surface area contributed by atoms with Crippen molar-refractivity contribution in [1.82, 2.24) is 4.90 Å². The van der Waals surface area contributed by atoms with E-state index < -0.39 is 10.0 Å². The van der Waals surface area contributed by atoms with E-state index in [4.69, 9.17) is 0 Å². The second-order valence-electron chi connectivity index (χ2n) is 4.05. The molecule has 1 rings (SSSR count). The molecular formula is C11H16N2O3S. The zero-order chi connectivity index (χ0) is 13.2. The normalized spacial score (nSPS) is 11.1. The fourth-order valence-corrected chi connectivity index (χ4v) is 2.04. The smallest absolute Gasteiger partial charge is 0.253 e. The SMILES string of the molecule is Cc1c(NS(C)(=O)=O)cccc1C(=O)N(C)C. The van der Waals surface area contributed by atoms with Crippen LogP contribution in [0.2, 0.25) is 0 Å². The first-order valence-electron chi connectivity index (χ1n) is 5.01. The van der Waals surface area contributed by atoms with E-state index in [1.807, 2.05) is 0 Å². The Labute approximate surface area is 101 Å². The summed E-state index contributed by atoms with van der Waals surface area (Å²) < 4.78 is 24.7. The summed E-state index contributed by atoms with van der Waals surface area (Å²) in [5.41, 5.74) is 1.54. The first kappa shape index (κ1) is 13.5. The maximum atomic E-state index is 11.8. The highest BCUT2D eigenvalue weighted by Gasteiger charge is 2.14. The molecule has 1 N–H and O–H groups in total. The predicted octanol–water partition coefficient (Wildman–Crippen LogP) is 1.07. The number of benzene rings is 1. The van der Waals surface area contributed by atoms with Crippen molar-refractivity contribution in [2.24, 2.45) is 0 Å². The molecule has 0 fully saturated rings. The Bertz CT molecular complexity index is 536. The summed E-state index contributed by atoms with van der Waals surface area (Å²) in [5, 5.41) is 0. The molecule has 0 saturated heterocycles. The third-order valence-corrected chi connectivity index (χ3v) is 2.86. The lowest BCUT2D eigenvalue weighted by Crippen LogP contribution is -2.23. The standard InChI is InChI=1S/C11H16N2O3S/c1-8-9(11(14)13(2)3)6-5-7-10(8)12-17(4,15)16/h5-7,12H,1-4H3. The third kappa shape index (κ3) is 3.45. The molecule has 0 radical (unpaired) electrons. The van der Waals surface area contributed by atoms with Gasteiger partial charge in [-0.3, -0.25) is 9.52 Å². The van der Waals surface area contributed by atoms with Gasteiger partial charge in [0.15, 0.2) is 0 Å². The summed E-state index contributed by atoms with van der Waals surface area (Å²) in [6, 6.07) is 4.95. The van der Waals surface area contributed by atoms with Crippen molar-refractivity contribution in [2.75, 3.05) is 25.1 Å². The lowest BCUT2D eigenvalue weighted by molar-refractivity contribution is 0.0827. The monoisotopic (exact) mass is 256 g/mol. The summed E-state index contributed by atoms with van der Waals surface area (Å²) in [4.78, 5) is 13.3. The molecule has 0 aliphatic rings. The molecule has 1 amide bonds. The molecule has 0 atom stereocenters. The van der Waals surface area contributed by atoms with Gasteiger partial charge in [0.25, 0.3) is 5.91 Å². The largest absolute Gasteiger partial charge is 0.345 e. The number of amides is 1. The molecule has 0 spiro atoms. The van der Waals surface area contributed by atoms with E-state index in [-0.39, 0.29) is 5.91 Å². The van der Waals surface area contributed by atoms with Gasteiger partial charge < -0.3 is 4.90 Å². The lowest BCUT2D eigenvalue weighted by Gasteiger charge is -2.15. The minimum absolute atomic E-state index is 0.153. The number of rotatable bonds is 3. The Kier molecular flexibility index (Phi) is 3.77. The minimum atomic E-state index is -3.34. The Morgan fingerprint density at radius 3 is 2.35 bits per heavy atom. The van der Waals surface area contributed by atoms with Crippen LogP contribution < -0.4 is 4.72 Å². The van der Waals surface area contributed by atoms with Crippen molar-refractivity contribution in [2.45, 2.75) is 6.92 Å². The first-order valence-corrected chi connectivity index (χ1v) is 6.90. The number of carbonyl (C=O) groups excluding carboxylic acids is 1. The van der Waals surface area contributed by atoms with Gasteiger partial charge >= 0.3 is 0 Å². The highest BCUT2D eigenvalue weighted by atomic mass is 32.2. The first-order chi connectivity index (χ1) is 7.72. The van der Waals surface area contributed by atoms with Crippen LogP contribution in [0.5, 0.6) is 0 Å². The van der Waals surface area contributed by atoms with Crippen molar-refractivity contribution >= 4 is 21.6 Å². The molecule has 0 aromatic heterocycles. The number of hydrogen-bond acceptors (Lipinski definition) is 3. The van der Waals surface area contributed by atoms with Gasteiger partial charge in [-0.15, -0.1) is 0 Å². The molecule has 0 heterocycles. The van der Waals surface area contributed by atoms with E-state index >= 15 is 0 Å². The molecule has 5 nitrogen and oxygen atoms in total. The quantitative estimate of drug-likeness (QED) is 0.879. The maximum absolute atomic E-state index is 11.8. The van der Waals surface area contributed by atoms with Crippen LogP contribution in [0.25, 0.3) is 0 Å². The van der Waals surface area contributed by atoms with Gasteiger partial charge in [0, 0.05) is 19.7 Å². The summed E-state index contributed by atoms with van der Waals surface area (Å²) in [7, 11) is -0.0348. The molecule has 0 aliphatic carbocycles. The van der Waals surface area contributed by atoms with Crippen molar-refractivity contribution in [3.05, 3.63) is 29.3 Å². The average molecular weight is 256 g/mol. The van der Waals surface area contributed by atoms with Crippen LogP contribution in [0.1, 0.15) is 15.9 Å². The maximum Gasteiger partial charge on any atom is 0.253 e. The van der Waals surface area contributed by atoms with Crippen molar-refractivity contribution in [3.8, 4) is 0 Å². The zero-order valence-electron chi connectivity index (χ0n) is 10.3. The number of nitrogens with one attached hydrogen (secondary N) is 1. The Hall–Kier alpha value is -1.56. The molecule has 0 bridgehead atoms. The number of nitrogens with zero attached hydrogens (tertiary/aromatic N) is 1. The molecule has 0 unspecified atom stereocenters. The van der Waals surface area contributed by atoms with Crippen LogP contribution in [0, 0.1) is 6.92 Å². The number of sulfonamides is 1. The van der Waals surface area contributed by atoms with E-state index in [0.717, 1.165) is 6.26 Å². The van der Waals surface area contributed by atoms with Gasteiger partial charge in [0.2, 0.25) is 10.0 Å². The van der Waals surface area contributed by atoms with E-state index in [1.165, 1.54) is 4.90 Å². The van der Waals surface area contributed by atoms with E-state index in [9.17, 15) is 13.2 Å². The summed E-state index contributed by atoms with van der Waals surface area (Å²) in [6.07, 6.45) is 1.08. The Balaban J connectivity index is 3.21. The molecule has 17 heavy (non-hydrogen) atoms. The van der Waals surface area contributed by atoms with Crippen molar-refractivity contribution in [1.29, 1.82) is 0 Å². The molecule has 0 aliphatic heterocycles. The highest BCUT2D eigenvalue weighted by molar-refractivity contribution is 7.92. The number of hydrogen-bond donors (Lipinski definition) is 1. The average Bonchev–Trinajstić information content (AvgIpc) is 2.18. The molecule has 0 saturated carbocycles. The van der Waals surface area contributed by atoms with Crippen LogP contribution in [-0.4, -0.2) is 39.6 Å². The van der Waals surface area contributed by atoms with Crippen LogP contribution in [0.15, 0.2) is 18.2 Å². The number of anilines is 1. The van der Waals surface area contributed by atoms with E-state index in [2.05, 4.69) is 4.72 Å². The minimum Gasteiger partial charge on any atom is -0.345 e. The highest BCUT2D eigenvalue weighted by Crippen LogP contribution is 2.20. The van der Waals surface area contributed by atoms with E-state index in [1.54, 1.807) is 39.2 Å². The molecule has 94 valence electrons.